The molecule has 0 heterocycles. The molecule has 0 bridgehead atoms. The van der Waals surface area contributed by atoms with Crippen molar-refractivity contribution in [3.05, 3.63) is 12.2 Å². The van der Waals surface area contributed by atoms with Gasteiger partial charge in [0.15, 0.2) is 0 Å². The van der Waals surface area contributed by atoms with Gasteiger partial charge >= 0.3 is 0 Å². The van der Waals surface area contributed by atoms with E-state index in [1.807, 2.05) is 0 Å². The summed E-state index contributed by atoms with van der Waals surface area (Å²) < 4.78 is 0. The molecule has 0 rings (SSSR count). The summed E-state index contributed by atoms with van der Waals surface area (Å²) in [5.74, 6) is -0.0277. The molecule has 0 aliphatic carbocycles. The fourth-order valence-electron chi connectivity index (χ4n) is 7.42. The topological polar surface area (TPSA) is 69.6 Å². The van der Waals surface area contributed by atoms with Crippen LogP contribution in [0.15, 0.2) is 12.2 Å². The van der Waals surface area contributed by atoms with Crippen molar-refractivity contribution in [1.29, 1.82) is 0 Å². The lowest BCUT2D eigenvalue weighted by atomic mass is 10.0. The maximum Gasteiger partial charge on any atom is 0.220 e. The minimum atomic E-state index is -0.655. The van der Waals surface area contributed by atoms with Crippen LogP contribution in [0.5, 0.6) is 0 Å². The average molecular weight is 720 g/mol. The van der Waals surface area contributed by atoms with Crippen LogP contribution in [0.25, 0.3) is 0 Å². The SMILES string of the molecule is CCCCCCCC/C=C/CCCCCCCCCCCCCCCC(=O)N[C@@H](CO)[C@H](O)CCCCCCCCCCCCCCCCCC. The van der Waals surface area contributed by atoms with Gasteiger partial charge in [0.1, 0.15) is 0 Å². The molecule has 0 fully saturated rings. The van der Waals surface area contributed by atoms with Crippen molar-refractivity contribution in [3.8, 4) is 0 Å². The highest BCUT2D eigenvalue weighted by molar-refractivity contribution is 5.76. The quantitative estimate of drug-likeness (QED) is 0.0434. The zero-order valence-corrected chi connectivity index (χ0v) is 34.9. The number of nitrogens with one attached hydrogen (secondary N) is 1. The Hall–Kier alpha value is -0.870. The van der Waals surface area contributed by atoms with E-state index in [-0.39, 0.29) is 12.5 Å². The predicted octanol–water partition coefficient (Wildman–Crippen LogP) is 14.6. The Bertz CT molecular complexity index is 695. The smallest absolute Gasteiger partial charge is 0.220 e. The largest absolute Gasteiger partial charge is 0.394 e. The van der Waals surface area contributed by atoms with Crippen LogP contribution in [-0.2, 0) is 4.79 Å². The van der Waals surface area contributed by atoms with Crippen LogP contribution in [0.1, 0.15) is 264 Å². The van der Waals surface area contributed by atoms with Gasteiger partial charge in [-0.1, -0.05) is 231 Å². The van der Waals surface area contributed by atoms with Gasteiger partial charge in [-0.3, -0.25) is 4.79 Å². The summed E-state index contributed by atoms with van der Waals surface area (Å²) in [6.45, 7) is 4.38. The molecule has 2 atom stereocenters. The number of hydrogen-bond donors (Lipinski definition) is 3. The number of amides is 1. The summed E-state index contributed by atoms with van der Waals surface area (Å²) >= 11 is 0. The van der Waals surface area contributed by atoms with Crippen molar-refractivity contribution >= 4 is 5.91 Å². The maximum absolute atomic E-state index is 12.4. The first kappa shape index (κ1) is 50.1. The Morgan fingerprint density at radius 3 is 1.08 bits per heavy atom. The number of aliphatic hydroxyl groups excluding tert-OH is 2. The first-order chi connectivity index (χ1) is 25.2. The van der Waals surface area contributed by atoms with Crippen LogP contribution in [-0.4, -0.2) is 34.9 Å². The molecule has 51 heavy (non-hydrogen) atoms. The maximum atomic E-state index is 12.4. The number of carbonyl (C=O) groups excluding carboxylic acids is 1. The molecule has 0 radical (unpaired) electrons. The molecule has 0 aromatic carbocycles. The zero-order chi connectivity index (χ0) is 37.1. The third-order valence-corrected chi connectivity index (χ3v) is 11.0. The molecular formula is C47H93NO3. The molecule has 0 aromatic heterocycles. The highest BCUT2D eigenvalue weighted by atomic mass is 16.3. The highest BCUT2D eigenvalue weighted by Gasteiger charge is 2.20. The predicted molar refractivity (Wildman–Crippen MR) is 226 cm³/mol. The monoisotopic (exact) mass is 720 g/mol. The van der Waals surface area contributed by atoms with Crippen molar-refractivity contribution in [2.45, 2.75) is 276 Å². The molecule has 1 amide bonds. The number of carbonyl (C=O) groups is 1. The molecule has 0 unspecified atom stereocenters. The third kappa shape index (κ3) is 40.2. The molecule has 4 heteroatoms. The van der Waals surface area contributed by atoms with Gasteiger partial charge in [-0.2, -0.15) is 0 Å². The normalized spacial score (nSPS) is 12.9. The molecule has 4 nitrogen and oxygen atoms in total. The van der Waals surface area contributed by atoms with Gasteiger partial charge < -0.3 is 15.5 Å². The molecule has 0 saturated heterocycles. The van der Waals surface area contributed by atoms with E-state index in [9.17, 15) is 15.0 Å². The first-order valence-corrected chi connectivity index (χ1v) is 23.4. The average Bonchev–Trinajstić information content (AvgIpc) is 3.13. The number of unbranched alkanes of at least 4 members (excludes halogenated alkanes) is 34. The van der Waals surface area contributed by atoms with E-state index in [0.29, 0.717) is 12.8 Å². The molecule has 0 aliphatic rings. The van der Waals surface area contributed by atoms with Gasteiger partial charge in [-0.05, 0) is 38.5 Å². The lowest BCUT2D eigenvalue weighted by molar-refractivity contribution is -0.123. The Morgan fingerprint density at radius 1 is 0.451 bits per heavy atom. The summed E-state index contributed by atoms with van der Waals surface area (Å²) in [5.41, 5.74) is 0. The van der Waals surface area contributed by atoms with Crippen molar-refractivity contribution in [2.75, 3.05) is 6.61 Å². The van der Waals surface area contributed by atoms with Gasteiger partial charge in [0.2, 0.25) is 5.91 Å². The van der Waals surface area contributed by atoms with Crippen molar-refractivity contribution in [1.82, 2.24) is 5.32 Å². The molecule has 0 aliphatic heterocycles. The van der Waals surface area contributed by atoms with Crippen LogP contribution in [0.2, 0.25) is 0 Å². The zero-order valence-electron chi connectivity index (χ0n) is 34.9. The van der Waals surface area contributed by atoms with Crippen LogP contribution in [0, 0.1) is 0 Å². The van der Waals surface area contributed by atoms with E-state index in [1.54, 1.807) is 0 Å². The third-order valence-electron chi connectivity index (χ3n) is 11.0. The molecular weight excluding hydrogens is 627 g/mol. The fraction of sp³-hybridized carbons (Fsp3) is 0.936. The molecule has 0 saturated carbocycles. The van der Waals surface area contributed by atoms with Crippen molar-refractivity contribution < 1.29 is 15.0 Å². The lowest BCUT2D eigenvalue weighted by Crippen LogP contribution is -2.45. The van der Waals surface area contributed by atoms with Crippen molar-refractivity contribution in [3.63, 3.8) is 0 Å². The Morgan fingerprint density at radius 2 is 0.745 bits per heavy atom. The summed E-state index contributed by atoms with van der Waals surface area (Å²) in [5, 5.41) is 23.2. The fourth-order valence-corrected chi connectivity index (χ4v) is 7.42. The first-order valence-electron chi connectivity index (χ1n) is 23.4. The van der Waals surface area contributed by atoms with Gasteiger partial charge in [0.05, 0.1) is 18.8 Å². The standard InChI is InChI=1S/C47H93NO3/c1-3-5-7-9-11-13-15-17-19-21-22-23-24-25-26-27-29-31-33-35-37-39-41-43-47(51)48-45(44-49)46(50)42-40-38-36-34-32-30-28-20-18-16-14-12-10-8-6-4-2/h17,19,45-46,49-50H,3-16,18,20-44H2,1-2H3,(H,48,51)/b19-17+/t45-,46+/m0/s1. The summed E-state index contributed by atoms with van der Waals surface area (Å²) in [4.78, 5) is 12.4. The van der Waals surface area contributed by atoms with E-state index in [2.05, 4.69) is 31.3 Å². The second kappa shape index (κ2) is 43.5. The van der Waals surface area contributed by atoms with Crippen molar-refractivity contribution in [2.24, 2.45) is 0 Å². The molecule has 0 aromatic rings. The second-order valence-corrected chi connectivity index (χ2v) is 16.2. The van der Waals surface area contributed by atoms with Crippen LogP contribution in [0.3, 0.4) is 0 Å². The number of hydrogen-bond acceptors (Lipinski definition) is 3. The summed E-state index contributed by atoms with van der Waals surface area (Å²) in [7, 11) is 0. The number of rotatable bonds is 43. The van der Waals surface area contributed by atoms with Crippen LogP contribution < -0.4 is 5.32 Å². The minimum absolute atomic E-state index is 0.0277. The van der Waals surface area contributed by atoms with Gasteiger partial charge in [-0.25, -0.2) is 0 Å². The molecule has 3 N–H and O–H groups in total. The molecule has 0 spiro atoms. The Balaban J connectivity index is 3.46. The highest BCUT2D eigenvalue weighted by Crippen LogP contribution is 2.16. The van der Waals surface area contributed by atoms with Crippen LogP contribution in [0.4, 0.5) is 0 Å². The molecule has 304 valence electrons. The van der Waals surface area contributed by atoms with E-state index in [0.717, 1.165) is 25.7 Å². The lowest BCUT2D eigenvalue weighted by Gasteiger charge is -2.22. The van der Waals surface area contributed by atoms with E-state index >= 15 is 0 Å². The number of allylic oxidation sites excluding steroid dienone is 2. The van der Waals surface area contributed by atoms with Gasteiger partial charge in [0.25, 0.3) is 0 Å². The van der Waals surface area contributed by atoms with Gasteiger partial charge in [-0.15, -0.1) is 0 Å². The number of aliphatic hydroxyl groups is 2. The van der Waals surface area contributed by atoms with E-state index < -0.39 is 12.1 Å². The van der Waals surface area contributed by atoms with E-state index in [1.165, 1.54) is 212 Å². The Labute approximate surface area is 320 Å². The summed E-state index contributed by atoms with van der Waals surface area (Å²) in [6.07, 6.45) is 54.4. The minimum Gasteiger partial charge on any atom is -0.394 e. The Kier molecular flexibility index (Phi) is 42.8. The van der Waals surface area contributed by atoms with Crippen LogP contribution >= 0.6 is 0 Å². The summed E-state index contributed by atoms with van der Waals surface area (Å²) in [6, 6.07) is -0.532. The van der Waals surface area contributed by atoms with E-state index in [4.69, 9.17) is 0 Å². The second-order valence-electron chi connectivity index (χ2n) is 16.2. The van der Waals surface area contributed by atoms with Gasteiger partial charge in [0, 0.05) is 6.42 Å².